The molecular formula is C29H23ClF3N5O4. The van der Waals surface area contributed by atoms with Crippen LogP contribution >= 0.6 is 11.6 Å². The lowest BCUT2D eigenvalue weighted by molar-refractivity contribution is 0.00844. The topological polar surface area (TPSA) is 93.2 Å². The number of hydrogen-bond donors (Lipinski definition) is 0. The van der Waals surface area contributed by atoms with Gasteiger partial charge >= 0.3 is 5.69 Å². The van der Waals surface area contributed by atoms with E-state index in [-0.39, 0.29) is 47.0 Å². The molecule has 0 atom stereocenters. The minimum Gasteiger partial charge on any atom is -0.496 e. The van der Waals surface area contributed by atoms with Gasteiger partial charge in [0.25, 0.3) is 5.56 Å². The molecule has 0 amide bonds. The summed E-state index contributed by atoms with van der Waals surface area (Å²) in [6.07, 6.45) is 1.42. The molecule has 3 heterocycles. The molecule has 9 nitrogen and oxygen atoms in total. The third kappa shape index (κ3) is 4.86. The second kappa shape index (κ2) is 10.8. The predicted octanol–water partition coefficient (Wildman–Crippen LogP) is 4.25. The second-order valence-corrected chi connectivity index (χ2v) is 10.4. The number of methoxy groups -OCH3 is 1. The Kier molecular flexibility index (Phi) is 7.11. The Morgan fingerprint density at radius 2 is 1.76 bits per heavy atom. The Morgan fingerprint density at radius 3 is 2.38 bits per heavy atom. The highest BCUT2D eigenvalue weighted by Crippen LogP contribution is 2.37. The summed E-state index contributed by atoms with van der Waals surface area (Å²) in [6.45, 7) is 0.496. The van der Waals surface area contributed by atoms with Crippen LogP contribution in [0.1, 0.15) is 22.9 Å². The van der Waals surface area contributed by atoms with Crippen molar-refractivity contribution in [1.82, 2.24) is 23.9 Å². The first-order valence-corrected chi connectivity index (χ1v) is 13.2. The summed E-state index contributed by atoms with van der Waals surface area (Å²) in [4.78, 5) is 31.8. The first-order valence-electron chi connectivity index (χ1n) is 12.9. The monoisotopic (exact) mass is 597 g/mol. The SMILES string of the molecule is COc1cc(-c2cc(C3COC3)ccc2Cl)cc2c1c(=O)n(Cc1ncn(C)n1)c(=O)n2Cc1cc(F)c(F)c(F)c1. The van der Waals surface area contributed by atoms with Crippen molar-refractivity contribution in [2.24, 2.45) is 7.05 Å². The van der Waals surface area contributed by atoms with Gasteiger partial charge in [0.05, 0.1) is 38.9 Å². The number of halogens is 4. The molecule has 1 aliphatic rings. The molecule has 2 aromatic heterocycles. The number of ether oxygens (including phenoxy) is 2. The summed E-state index contributed by atoms with van der Waals surface area (Å²) in [5.74, 6) is -3.89. The summed E-state index contributed by atoms with van der Waals surface area (Å²) in [6, 6.07) is 10.4. The molecule has 0 N–H and O–H groups in total. The van der Waals surface area contributed by atoms with E-state index in [2.05, 4.69) is 10.1 Å². The number of aromatic nitrogens is 5. The Balaban J connectivity index is 1.61. The lowest BCUT2D eigenvalue weighted by atomic mass is 9.93. The quantitative estimate of drug-likeness (QED) is 0.261. The van der Waals surface area contributed by atoms with Gasteiger partial charge in [-0.15, -0.1) is 0 Å². The van der Waals surface area contributed by atoms with E-state index >= 15 is 0 Å². The summed E-state index contributed by atoms with van der Waals surface area (Å²) >= 11 is 6.60. The fourth-order valence-electron chi connectivity index (χ4n) is 5.03. The average molecular weight is 598 g/mol. The van der Waals surface area contributed by atoms with Crippen LogP contribution in [0.25, 0.3) is 22.0 Å². The largest absolute Gasteiger partial charge is 0.496 e. The molecule has 0 unspecified atom stereocenters. The van der Waals surface area contributed by atoms with Crippen LogP contribution in [-0.4, -0.2) is 44.2 Å². The Morgan fingerprint density at radius 1 is 1.02 bits per heavy atom. The van der Waals surface area contributed by atoms with Crippen LogP contribution < -0.4 is 16.0 Å². The fraction of sp³-hybridized carbons (Fsp3) is 0.241. The van der Waals surface area contributed by atoms with Crippen LogP contribution in [0.4, 0.5) is 13.2 Å². The number of nitrogens with zero attached hydrogens (tertiary/aromatic N) is 5. The maximum atomic E-state index is 14.2. The zero-order valence-electron chi connectivity index (χ0n) is 22.4. The minimum absolute atomic E-state index is 0.0367. The number of hydrogen-bond acceptors (Lipinski definition) is 6. The van der Waals surface area contributed by atoms with E-state index in [9.17, 15) is 22.8 Å². The van der Waals surface area contributed by atoms with Crippen molar-refractivity contribution in [3.63, 3.8) is 0 Å². The average Bonchev–Trinajstić information content (AvgIpc) is 3.35. The predicted molar refractivity (Wildman–Crippen MR) is 149 cm³/mol. The van der Waals surface area contributed by atoms with Gasteiger partial charge in [-0.1, -0.05) is 17.7 Å². The maximum Gasteiger partial charge on any atom is 0.332 e. The van der Waals surface area contributed by atoms with Gasteiger partial charge in [-0.3, -0.25) is 18.6 Å². The van der Waals surface area contributed by atoms with Gasteiger partial charge in [-0.2, -0.15) is 5.10 Å². The van der Waals surface area contributed by atoms with Gasteiger partial charge in [0.1, 0.15) is 17.5 Å². The van der Waals surface area contributed by atoms with Crippen molar-refractivity contribution < 1.29 is 22.6 Å². The lowest BCUT2D eigenvalue weighted by Crippen LogP contribution is -2.41. The Labute approximate surface area is 241 Å². The first kappa shape index (κ1) is 27.7. The van der Waals surface area contributed by atoms with Crippen molar-refractivity contribution in [3.05, 3.63) is 109 Å². The van der Waals surface area contributed by atoms with E-state index in [4.69, 9.17) is 21.1 Å². The summed E-state index contributed by atoms with van der Waals surface area (Å²) in [5, 5.41) is 4.62. The highest BCUT2D eigenvalue weighted by Gasteiger charge is 2.24. The van der Waals surface area contributed by atoms with Crippen molar-refractivity contribution >= 4 is 22.5 Å². The molecule has 3 aromatic carbocycles. The van der Waals surface area contributed by atoms with E-state index < -0.39 is 28.7 Å². The number of rotatable bonds is 7. The zero-order chi connectivity index (χ0) is 29.7. The molecule has 0 spiro atoms. The van der Waals surface area contributed by atoms with E-state index in [0.717, 1.165) is 22.3 Å². The standard InChI is InChI=1S/C29H23ClF3N5O4/c1-36-14-34-25(35-36)11-38-28(39)26-23(37(29(38)40)10-15-5-21(31)27(33)22(32)6-15)8-17(9-24(26)41-2)19-7-16(3-4-20(19)30)18-12-42-13-18/h3-9,14,18H,10-13H2,1-2H3. The van der Waals surface area contributed by atoms with Crippen LogP contribution in [-0.2, 0) is 24.9 Å². The smallest absolute Gasteiger partial charge is 0.332 e. The number of benzene rings is 3. The zero-order valence-corrected chi connectivity index (χ0v) is 23.2. The van der Waals surface area contributed by atoms with Crippen LogP contribution in [0.15, 0.2) is 58.4 Å². The Bertz CT molecular complexity index is 1960. The van der Waals surface area contributed by atoms with E-state index in [1.54, 1.807) is 25.2 Å². The van der Waals surface area contributed by atoms with Crippen molar-refractivity contribution in [3.8, 4) is 16.9 Å². The molecule has 6 rings (SSSR count). The summed E-state index contributed by atoms with van der Waals surface area (Å²) in [5.41, 5.74) is 0.794. The third-order valence-electron chi connectivity index (χ3n) is 7.25. The molecule has 0 bridgehead atoms. The summed E-state index contributed by atoms with van der Waals surface area (Å²) < 4.78 is 56.5. The fourth-order valence-corrected chi connectivity index (χ4v) is 5.26. The molecule has 5 aromatic rings. The molecule has 0 aliphatic carbocycles. The second-order valence-electron chi connectivity index (χ2n) is 10.0. The molecule has 216 valence electrons. The molecular weight excluding hydrogens is 575 g/mol. The normalized spacial score (nSPS) is 13.5. The van der Waals surface area contributed by atoms with Gasteiger partial charge < -0.3 is 9.47 Å². The minimum atomic E-state index is -1.63. The van der Waals surface area contributed by atoms with Crippen LogP contribution in [0.5, 0.6) is 5.75 Å². The van der Waals surface area contributed by atoms with Crippen LogP contribution in [0.2, 0.25) is 5.02 Å². The molecule has 1 saturated heterocycles. The summed E-state index contributed by atoms with van der Waals surface area (Å²) in [7, 11) is 3.02. The molecule has 1 aliphatic heterocycles. The van der Waals surface area contributed by atoms with Crippen LogP contribution in [0, 0.1) is 17.5 Å². The molecule has 1 fully saturated rings. The third-order valence-corrected chi connectivity index (χ3v) is 7.58. The molecule has 0 saturated carbocycles. The van der Waals surface area contributed by atoms with E-state index in [1.807, 2.05) is 12.1 Å². The number of fused-ring (bicyclic) bond motifs is 1. The van der Waals surface area contributed by atoms with Crippen molar-refractivity contribution in [2.75, 3.05) is 20.3 Å². The van der Waals surface area contributed by atoms with E-state index in [1.165, 1.54) is 22.7 Å². The lowest BCUT2D eigenvalue weighted by Gasteiger charge is -2.27. The van der Waals surface area contributed by atoms with Gasteiger partial charge in [0, 0.05) is 23.6 Å². The highest BCUT2D eigenvalue weighted by molar-refractivity contribution is 6.33. The van der Waals surface area contributed by atoms with E-state index in [0.29, 0.717) is 29.4 Å². The Hall–Kier alpha value is -4.42. The molecule has 42 heavy (non-hydrogen) atoms. The van der Waals surface area contributed by atoms with Crippen molar-refractivity contribution in [1.29, 1.82) is 0 Å². The number of aryl methyl sites for hydroxylation is 1. The molecule has 13 heteroatoms. The van der Waals surface area contributed by atoms with Gasteiger partial charge in [0.2, 0.25) is 0 Å². The van der Waals surface area contributed by atoms with Crippen molar-refractivity contribution in [2.45, 2.75) is 19.0 Å². The van der Waals surface area contributed by atoms with Gasteiger partial charge in [-0.25, -0.2) is 22.9 Å². The molecule has 0 radical (unpaired) electrons. The van der Waals surface area contributed by atoms with Gasteiger partial charge in [-0.05, 0) is 53.1 Å². The first-order chi connectivity index (χ1) is 20.1. The van der Waals surface area contributed by atoms with Gasteiger partial charge in [0.15, 0.2) is 23.3 Å². The highest BCUT2D eigenvalue weighted by atomic mass is 35.5. The maximum absolute atomic E-state index is 14.2. The van der Waals surface area contributed by atoms with Crippen LogP contribution in [0.3, 0.4) is 0 Å².